The molecule has 4 rings (SSSR count). The van der Waals surface area contributed by atoms with E-state index in [1.807, 2.05) is 35.0 Å². The molecule has 1 atom stereocenters. The minimum atomic E-state index is 0.245. The number of nitrogens with zero attached hydrogens (tertiary/aromatic N) is 1. The molecule has 1 aromatic heterocycles. The SMILES string of the molecule is O=C(CSc1c[nH]c2ccccc12)N1CCSC(c2ccccc2)CC1. The number of carbonyl (C=O) groups excluding carboxylic acids is 1. The fourth-order valence-electron chi connectivity index (χ4n) is 3.35. The highest BCUT2D eigenvalue weighted by Gasteiger charge is 2.22. The third kappa shape index (κ3) is 3.94. The van der Waals surface area contributed by atoms with Gasteiger partial charge in [0.25, 0.3) is 0 Å². The highest BCUT2D eigenvalue weighted by Crippen LogP contribution is 2.34. The van der Waals surface area contributed by atoms with Crippen LogP contribution in [-0.2, 0) is 4.79 Å². The lowest BCUT2D eigenvalue weighted by molar-refractivity contribution is -0.128. The molecule has 1 saturated heterocycles. The number of aromatic nitrogens is 1. The van der Waals surface area contributed by atoms with Gasteiger partial charge >= 0.3 is 0 Å². The Hall–Kier alpha value is -1.85. The Bertz CT molecular complexity index is 878. The summed E-state index contributed by atoms with van der Waals surface area (Å²) in [5, 5.41) is 1.69. The van der Waals surface area contributed by atoms with Crippen LogP contribution in [0.2, 0.25) is 0 Å². The first kappa shape index (κ1) is 17.6. The third-order valence-corrected chi connectivity index (χ3v) is 7.14. The summed E-state index contributed by atoms with van der Waals surface area (Å²) in [6, 6.07) is 18.9. The van der Waals surface area contributed by atoms with Gasteiger partial charge in [0.2, 0.25) is 5.91 Å². The molecule has 1 unspecified atom stereocenters. The minimum Gasteiger partial charge on any atom is -0.360 e. The van der Waals surface area contributed by atoms with Crippen molar-refractivity contribution in [3.63, 3.8) is 0 Å². The number of amides is 1. The maximum atomic E-state index is 12.7. The summed E-state index contributed by atoms with van der Waals surface area (Å²) in [5.74, 6) is 1.75. The second-order valence-corrected chi connectivity index (χ2v) is 8.75. The normalized spacial score (nSPS) is 18.0. The summed E-state index contributed by atoms with van der Waals surface area (Å²) in [6.45, 7) is 1.70. The number of hydrogen-bond acceptors (Lipinski definition) is 3. The number of fused-ring (bicyclic) bond motifs is 1. The van der Waals surface area contributed by atoms with Crippen LogP contribution in [0.4, 0.5) is 0 Å². The van der Waals surface area contributed by atoms with Crippen LogP contribution in [0.3, 0.4) is 0 Å². The quantitative estimate of drug-likeness (QED) is 0.648. The summed E-state index contributed by atoms with van der Waals surface area (Å²) >= 11 is 3.60. The van der Waals surface area contributed by atoms with Crippen molar-refractivity contribution in [3.8, 4) is 0 Å². The van der Waals surface area contributed by atoms with E-state index in [1.165, 1.54) is 10.9 Å². The van der Waals surface area contributed by atoms with Crippen molar-refractivity contribution in [2.75, 3.05) is 24.6 Å². The first-order valence-electron chi connectivity index (χ1n) is 8.94. The third-order valence-electron chi connectivity index (χ3n) is 4.77. The number of thioether (sulfide) groups is 2. The smallest absolute Gasteiger partial charge is 0.232 e. The molecule has 3 aromatic rings. The number of hydrogen-bond donors (Lipinski definition) is 1. The van der Waals surface area contributed by atoms with Crippen molar-refractivity contribution in [1.29, 1.82) is 0 Å². The predicted octanol–water partition coefficient (Wildman–Crippen LogP) is 4.97. The zero-order valence-corrected chi connectivity index (χ0v) is 16.2. The van der Waals surface area contributed by atoms with Crippen LogP contribution in [0, 0.1) is 0 Å². The van der Waals surface area contributed by atoms with Crippen molar-refractivity contribution in [2.24, 2.45) is 0 Å². The lowest BCUT2D eigenvalue weighted by atomic mass is 10.1. The summed E-state index contributed by atoms with van der Waals surface area (Å²) < 4.78 is 0. The van der Waals surface area contributed by atoms with Crippen molar-refractivity contribution >= 4 is 40.3 Å². The molecular weight excluding hydrogens is 360 g/mol. The molecule has 1 aliphatic rings. The second kappa shape index (κ2) is 8.23. The van der Waals surface area contributed by atoms with Crippen LogP contribution in [0.1, 0.15) is 17.2 Å². The van der Waals surface area contributed by atoms with Crippen molar-refractivity contribution in [3.05, 3.63) is 66.4 Å². The molecule has 3 nitrogen and oxygen atoms in total. The zero-order chi connectivity index (χ0) is 17.8. The van der Waals surface area contributed by atoms with Gasteiger partial charge < -0.3 is 9.88 Å². The Kier molecular flexibility index (Phi) is 5.56. The van der Waals surface area contributed by atoms with Crippen LogP contribution in [-0.4, -0.2) is 40.4 Å². The van der Waals surface area contributed by atoms with Crippen molar-refractivity contribution in [2.45, 2.75) is 16.6 Å². The molecule has 2 heterocycles. The van der Waals surface area contributed by atoms with Crippen LogP contribution < -0.4 is 0 Å². The van der Waals surface area contributed by atoms with Gasteiger partial charge in [0.1, 0.15) is 0 Å². The Morgan fingerprint density at radius 3 is 2.81 bits per heavy atom. The Morgan fingerprint density at radius 1 is 1.12 bits per heavy atom. The number of rotatable bonds is 4. The predicted molar refractivity (Wildman–Crippen MR) is 112 cm³/mol. The number of carbonyl (C=O) groups is 1. The van der Waals surface area contributed by atoms with Crippen molar-refractivity contribution in [1.82, 2.24) is 9.88 Å². The van der Waals surface area contributed by atoms with Gasteiger partial charge in [-0.3, -0.25) is 4.79 Å². The van der Waals surface area contributed by atoms with Gasteiger partial charge in [-0.05, 0) is 18.1 Å². The van der Waals surface area contributed by atoms with E-state index in [0.717, 1.165) is 35.7 Å². The summed E-state index contributed by atoms with van der Waals surface area (Å²) in [5.41, 5.74) is 2.50. The standard InChI is InChI=1S/C21H22N2OS2/c24-21(15-26-20-14-22-18-9-5-4-8-17(18)20)23-11-10-19(25-13-12-23)16-6-2-1-3-7-16/h1-9,14,19,22H,10-13,15H2. The summed E-state index contributed by atoms with van der Waals surface area (Å²) in [7, 11) is 0. The molecule has 0 bridgehead atoms. The average molecular weight is 383 g/mol. The highest BCUT2D eigenvalue weighted by atomic mass is 32.2. The number of para-hydroxylation sites is 1. The monoisotopic (exact) mass is 382 g/mol. The van der Waals surface area contributed by atoms with Crippen LogP contribution >= 0.6 is 23.5 Å². The lowest BCUT2D eigenvalue weighted by Gasteiger charge is -2.20. The molecule has 1 N–H and O–H groups in total. The summed E-state index contributed by atoms with van der Waals surface area (Å²) in [4.78, 5) is 19.2. The molecule has 2 aromatic carbocycles. The Balaban J connectivity index is 1.35. The first-order valence-corrected chi connectivity index (χ1v) is 11.0. The molecule has 0 aliphatic carbocycles. The molecule has 1 fully saturated rings. The lowest BCUT2D eigenvalue weighted by Crippen LogP contribution is -2.34. The molecule has 0 saturated carbocycles. The van der Waals surface area contributed by atoms with E-state index >= 15 is 0 Å². The van der Waals surface area contributed by atoms with Gasteiger partial charge in [-0.1, -0.05) is 48.5 Å². The molecule has 1 amide bonds. The molecule has 0 radical (unpaired) electrons. The maximum absolute atomic E-state index is 12.7. The molecule has 134 valence electrons. The molecular formula is C21H22N2OS2. The van der Waals surface area contributed by atoms with E-state index in [0.29, 0.717) is 11.0 Å². The number of aromatic amines is 1. The van der Waals surface area contributed by atoms with Gasteiger partial charge in [-0.25, -0.2) is 0 Å². The number of H-pyrrole nitrogens is 1. The van der Waals surface area contributed by atoms with Gasteiger partial charge in [-0.2, -0.15) is 11.8 Å². The van der Waals surface area contributed by atoms with Crippen LogP contribution in [0.5, 0.6) is 0 Å². The second-order valence-electron chi connectivity index (χ2n) is 6.43. The fourth-order valence-corrected chi connectivity index (χ4v) is 5.52. The number of nitrogens with one attached hydrogen (secondary N) is 1. The Labute approximate surface area is 162 Å². The topological polar surface area (TPSA) is 36.1 Å². The van der Waals surface area contributed by atoms with Gasteiger partial charge in [0.15, 0.2) is 0 Å². The molecule has 5 heteroatoms. The highest BCUT2D eigenvalue weighted by molar-refractivity contribution is 8.00. The Morgan fingerprint density at radius 2 is 1.92 bits per heavy atom. The van der Waals surface area contributed by atoms with E-state index in [2.05, 4.69) is 47.4 Å². The van der Waals surface area contributed by atoms with Crippen molar-refractivity contribution < 1.29 is 4.79 Å². The van der Waals surface area contributed by atoms with Crippen LogP contribution in [0.15, 0.2) is 65.7 Å². The average Bonchev–Trinajstić information content (AvgIpc) is 2.94. The van der Waals surface area contributed by atoms with E-state index < -0.39 is 0 Å². The van der Waals surface area contributed by atoms with E-state index in [9.17, 15) is 4.79 Å². The van der Waals surface area contributed by atoms with Crippen LogP contribution in [0.25, 0.3) is 10.9 Å². The first-order chi connectivity index (χ1) is 12.8. The molecule has 0 spiro atoms. The fraction of sp³-hybridized carbons (Fsp3) is 0.286. The van der Waals surface area contributed by atoms with Gasteiger partial charge in [0, 0.05) is 46.1 Å². The minimum absolute atomic E-state index is 0.245. The van der Waals surface area contributed by atoms with E-state index in [-0.39, 0.29) is 5.91 Å². The van der Waals surface area contributed by atoms with E-state index in [1.54, 1.807) is 11.8 Å². The van der Waals surface area contributed by atoms with Gasteiger partial charge in [-0.15, -0.1) is 11.8 Å². The molecule has 26 heavy (non-hydrogen) atoms. The van der Waals surface area contributed by atoms with Gasteiger partial charge in [0.05, 0.1) is 5.75 Å². The number of benzene rings is 2. The van der Waals surface area contributed by atoms with E-state index in [4.69, 9.17) is 0 Å². The largest absolute Gasteiger partial charge is 0.360 e. The summed E-state index contributed by atoms with van der Waals surface area (Å²) in [6.07, 6.45) is 3.03. The maximum Gasteiger partial charge on any atom is 0.232 e. The molecule has 1 aliphatic heterocycles. The zero-order valence-electron chi connectivity index (χ0n) is 14.6.